The number of aliphatic hydroxyl groups excluding tert-OH is 3. The van der Waals surface area contributed by atoms with E-state index >= 15 is 0 Å². The zero-order valence-electron chi connectivity index (χ0n) is 84.6. The molecule has 7 saturated heterocycles. The molecule has 7 aliphatic rings. The summed E-state index contributed by atoms with van der Waals surface area (Å²) >= 11 is 0. The van der Waals surface area contributed by atoms with E-state index < -0.39 is 5.60 Å². The van der Waals surface area contributed by atoms with Crippen LogP contribution >= 0.6 is 0 Å². The van der Waals surface area contributed by atoms with Crippen LogP contribution < -0.4 is 9.30 Å². The third-order valence-corrected chi connectivity index (χ3v) is 28.0. The lowest BCUT2D eigenvalue weighted by Crippen LogP contribution is -2.50. The molecule has 16 heterocycles. The van der Waals surface area contributed by atoms with Gasteiger partial charge in [0.05, 0.1) is 29.5 Å². The first-order valence-corrected chi connectivity index (χ1v) is 52.6. The molecule has 6 N–H and O–H groups in total. The van der Waals surface area contributed by atoms with Crippen molar-refractivity contribution in [2.24, 2.45) is 0 Å². The summed E-state index contributed by atoms with van der Waals surface area (Å²) in [4.78, 5) is 45.7. The normalized spacial score (nSPS) is 20.1. The van der Waals surface area contributed by atoms with E-state index in [0.717, 1.165) is 192 Å². The number of piperidine rings is 7. The van der Waals surface area contributed by atoms with Gasteiger partial charge in [-0.05, 0) is 298 Å². The van der Waals surface area contributed by atoms with Crippen molar-refractivity contribution in [1.82, 2.24) is 64.3 Å². The lowest BCUT2D eigenvalue weighted by atomic mass is 9.87. The van der Waals surface area contributed by atoms with Crippen molar-refractivity contribution in [3.8, 4) is 11.3 Å². The average molecular weight is 1860 g/mol. The number of nitrogens with zero attached hydrogens (tertiary/aromatic N) is 16. The molecule has 0 saturated carbocycles. The number of aromatic nitrogens is 9. The first-order valence-electron chi connectivity index (χ1n) is 52.6. The van der Waals surface area contributed by atoms with Gasteiger partial charge in [0.2, 0.25) is 11.9 Å². The maximum absolute atomic E-state index is 10.6. The number of rotatable bonds is 32. The van der Waals surface area contributed by atoms with Crippen LogP contribution in [0, 0.1) is 0 Å². The van der Waals surface area contributed by atoms with Crippen LogP contribution in [0.4, 0.5) is 0 Å². The Morgan fingerprint density at radius 2 is 0.741 bits per heavy atom. The van der Waals surface area contributed by atoms with Crippen molar-refractivity contribution >= 4 is 0 Å². The highest BCUT2D eigenvalue weighted by Gasteiger charge is 2.37. The summed E-state index contributed by atoms with van der Waals surface area (Å²) in [7, 11) is 1.00. The summed E-state index contributed by atoms with van der Waals surface area (Å²) < 4.78 is 3.78. The van der Waals surface area contributed by atoms with Crippen molar-refractivity contribution in [3.05, 3.63) is 260 Å². The molecule has 7 aliphatic heterocycles. The fraction of sp³-hybridized carbons (Fsp3) is 0.602. The minimum absolute atomic E-state index is 0.165. The molecule has 135 heavy (non-hydrogen) atoms. The molecule has 9 aromatic heterocycles. The lowest BCUT2D eigenvalue weighted by Gasteiger charge is -2.37. The Morgan fingerprint density at radius 3 is 1.12 bits per heavy atom. The van der Waals surface area contributed by atoms with Crippen molar-refractivity contribution < 1.29 is 44.8 Å². The van der Waals surface area contributed by atoms with Crippen LogP contribution in [0.15, 0.2) is 220 Å². The summed E-state index contributed by atoms with van der Waals surface area (Å²) in [5, 5.41) is 57.6. The van der Waals surface area contributed by atoms with Crippen molar-refractivity contribution in [1.29, 1.82) is 0 Å². The van der Waals surface area contributed by atoms with Crippen LogP contribution in [-0.2, 0) is 12.1 Å². The Hall–Kier alpha value is -8.33. The van der Waals surface area contributed by atoms with Gasteiger partial charge in [0.25, 0.3) is 0 Å². The molecular formula is C113H177N16O6+3. The van der Waals surface area contributed by atoms with E-state index in [1.165, 1.54) is 195 Å². The van der Waals surface area contributed by atoms with Gasteiger partial charge in [0, 0.05) is 189 Å². The molecular weight excluding hydrogens is 1680 g/mol. The Kier molecular flexibility index (Phi) is 55.0. The average Bonchev–Trinajstić information content (AvgIpc) is 0.810. The summed E-state index contributed by atoms with van der Waals surface area (Å²) in [5.74, 6) is 3.26. The zero-order valence-corrected chi connectivity index (χ0v) is 84.6. The van der Waals surface area contributed by atoms with Gasteiger partial charge in [-0.25, -0.2) is 9.77 Å². The maximum Gasteiger partial charge on any atom is 0.237 e. The van der Waals surface area contributed by atoms with Gasteiger partial charge in [0.1, 0.15) is 31.8 Å². The first kappa shape index (κ1) is 112. The molecule has 0 bridgehead atoms. The first-order chi connectivity index (χ1) is 66.1. The molecule has 7 fully saturated rings. The highest BCUT2D eigenvalue weighted by molar-refractivity contribution is 5.57. The molecule has 0 radical (unpaired) electrons. The predicted molar refractivity (Wildman–Crippen MR) is 550 cm³/mol. The minimum atomic E-state index is -0.704. The second kappa shape index (κ2) is 66.3. The zero-order chi connectivity index (χ0) is 96.2. The lowest BCUT2D eigenvalue weighted by molar-refractivity contribution is -1.10. The van der Waals surface area contributed by atoms with Crippen molar-refractivity contribution in [3.63, 3.8) is 0 Å². The van der Waals surface area contributed by atoms with Crippen LogP contribution in [0.2, 0.25) is 0 Å². The summed E-state index contributed by atoms with van der Waals surface area (Å²) in [5.41, 5.74) is 9.42. The molecule has 3 unspecified atom stereocenters. The topological polar surface area (TPSA) is 239 Å². The van der Waals surface area contributed by atoms with Crippen LogP contribution in [0.25, 0.3) is 11.3 Å². The summed E-state index contributed by atoms with van der Waals surface area (Å²) in [6.07, 6.45) is 51.4. The molecule has 0 amide bonds. The third kappa shape index (κ3) is 41.7. The second-order valence-electron chi connectivity index (χ2n) is 38.1. The fourth-order valence-electron chi connectivity index (χ4n) is 19.2. The highest BCUT2D eigenvalue weighted by Crippen LogP contribution is 2.35. The van der Waals surface area contributed by atoms with E-state index in [9.17, 15) is 25.7 Å². The number of hydroxylamine groups is 3. The van der Waals surface area contributed by atoms with Gasteiger partial charge in [-0.2, -0.15) is 4.65 Å². The monoisotopic (exact) mass is 1850 g/mol. The van der Waals surface area contributed by atoms with Gasteiger partial charge >= 0.3 is 0 Å². The van der Waals surface area contributed by atoms with E-state index in [4.69, 9.17) is 5.11 Å². The van der Waals surface area contributed by atoms with E-state index in [0.29, 0.717) is 29.6 Å². The van der Waals surface area contributed by atoms with Crippen molar-refractivity contribution in [2.75, 3.05) is 145 Å². The SMILES string of the molecule is CCC(O)CN1CCC(c2ccccn2)CC1.CCCCN1CCC(O)(c2ccccn2)CC1.CCCCN1CCC(c2cccc[n+]2O)CC1.CCCCN1CCC(c2ccccn2)C(O)C1.CCCCN1CCC(c2ccccn2)CC1.CCCCN1CCC(c2ccccn2)CC1.CCCC[N+]1(O)CCC(c2ccccn2)CC1.CCCC[n+]1ccc(-c2ccccn2)cc1.CO. The van der Waals surface area contributed by atoms with Gasteiger partial charge in [0.15, 0.2) is 12.4 Å². The van der Waals surface area contributed by atoms with E-state index in [1.807, 2.05) is 141 Å². The minimum Gasteiger partial charge on any atom is -0.400 e. The number of pyridine rings is 9. The Bertz CT molecular complexity index is 4270. The van der Waals surface area contributed by atoms with Crippen LogP contribution in [0.3, 0.4) is 0 Å². The largest absolute Gasteiger partial charge is 0.400 e. The predicted octanol–water partition coefficient (Wildman–Crippen LogP) is 20.0. The smallest absolute Gasteiger partial charge is 0.237 e. The number of aryl methyl sites for hydroxylation is 1. The molecule has 3 atom stereocenters. The standard InChI is InChI=1S/C14H22N2O.C14H23N2O.C14H22N2O.C14H23N2O.C14H22N2O.2C14H22N2.C14H17N2.CH4O/c1-2-13(17)11-16-9-6-12(7-10-16)14-5-3-4-8-15-14;1-2-3-10-16(17)11-7-13(8-12-16)14-6-4-5-9-15-14;1-2-3-10-16-11-7-14(17,8-12-16)13-6-4-5-9-15-13;1-2-3-9-15-11-7-13(8-12-15)14-6-4-5-10-16(14)17;1-2-3-9-16-10-7-12(14(17)11-16)13-6-4-5-8-15-13;3*1-2-3-10-16-11-7-13(8-12-16)14-6-4-5-9-15-14;1-2/h3-5,8,12-13,17H,2,6-7,9-11H2,1H3;4-6,9,13,17H,2-3,7-8,10-12H2,1H3;4-6,9,17H,2-3,7-8,10-12H2,1H3;4-6,10,13,17H,2-3,7-9,11-12H2,1H3;4-6,8,12,14,17H,2-3,7,9-11H2,1H3;2*4-6,9,13H,2-3,7-8,10-12H2,1H3;4-9,11-12H,2-3,10H2,1H3;2H,1H3/q;+1;;+1;;;;+1;. The molecule has 22 nitrogen and oxygen atoms in total. The molecule has 22 heteroatoms. The third-order valence-electron chi connectivity index (χ3n) is 28.0. The Labute approximate surface area is 814 Å². The Balaban J connectivity index is 0.000000189. The highest BCUT2D eigenvalue weighted by atomic mass is 16.5. The number of β-amino-alcohol motifs (C(OH)–C–C–N with tert-alkyl or cyclic N) is 2. The van der Waals surface area contributed by atoms with E-state index in [-0.39, 0.29) is 22.8 Å². The number of hydrogen-bond donors (Lipinski definition) is 6. The van der Waals surface area contributed by atoms with E-state index in [2.05, 4.69) is 190 Å². The number of unbranched alkanes of at least 4 members (excludes halogenated alkanes) is 7. The molecule has 0 aromatic carbocycles. The molecule has 742 valence electrons. The van der Waals surface area contributed by atoms with Gasteiger partial charge in [-0.15, -0.1) is 0 Å². The van der Waals surface area contributed by atoms with Crippen molar-refractivity contribution in [2.45, 2.75) is 295 Å². The fourth-order valence-corrected chi connectivity index (χ4v) is 19.2. The molecule has 9 aromatic rings. The number of aliphatic hydroxyl groups is 4. The van der Waals surface area contributed by atoms with Gasteiger partial charge in [-0.3, -0.25) is 40.1 Å². The summed E-state index contributed by atoms with van der Waals surface area (Å²) in [6, 6.07) is 52.7. The Morgan fingerprint density at radius 1 is 0.378 bits per heavy atom. The van der Waals surface area contributed by atoms with Crippen LogP contribution in [0.1, 0.15) is 311 Å². The second-order valence-corrected chi connectivity index (χ2v) is 38.1. The van der Waals surface area contributed by atoms with E-state index in [1.54, 1.807) is 12.4 Å². The van der Waals surface area contributed by atoms with Gasteiger partial charge < -0.3 is 49.8 Å². The number of quaternary nitrogens is 1. The summed E-state index contributed by atoms with van der Waals surface area (Å²) in [6.45, 7) is 41.6. The van der Waals surface area contributed by atoms with Crippen LogP contribution in [-0.4, -0.2) is 257 Å². The van der Waals surface area contributed by atoms with Gasteiger partial charge in [-0.1, -0.05) is 143 Å². The molecule has 16 rings (SSSR count). The quantitative estimate of drug-likeness (QED) is 0.0130. The maximum atomic E-state index is 10.6. The van der Waals surface area contributed by atoms with Crippen LogP contribution in [0.5, 0.6) is 0 Å². The molecule has 0 aliphatic carbocycles. The number of hydrogen-bond acceptors (Lipinski definition) is 19. The number of likely N-dealkylation sites (tertiary alicyclic amines) is 7. The molecule has 0 spiro atoms.